The summed E-state index contributed by atoms with van der Waals surface area (Å²) in [6.07, 6.45) is 2.76. The average molecular weight is 389 g/mol. The number of hydrogen-bond acceptors (Lipinski definition) is 5. The monoisotopic (exact) mass is 388 g/mol. The molecule has 9 heteroatoms. The van der Waals surface area contributed by atoms with Crippen LogP contribution in [0.15, 0.2) is 16.3 Å². The van der Waals surface area contributed by atoms with Crippen molar-refractivity contribution in [2.24, 2.45) is 0 Å². The van der Waals surface area contributed by atoms with Crippen LogP contribution in [0.4, 0.5) is 0 Å². The summed E-state index contributed by atoms with van der Waals surface area (Å²) in [5, 5.41) is 9.21. The molecule has 1 aromatic heterocycles. The molecule has 2 heterocycles. The van der Waals surface area contributed by atoms with Crippen LogP contribution in [0, 0.1) is 0 Å². The van der Waals surface area contributed by atoms with Gasteiger partial charge in [0.05, 0.1) is 6.42 Å². The second-order valence-electron chi connectivity index (χ2n) is 6.68. The molecule has 1 amide bonds. The highest BCUT2D eigenvalue weighted by Gasteiger charge is 2.35. The Bertz CT molecular complexity index is 748. The molecule has 0 spiro atoms. The number of piperidine rings is 1. The maximum Gasteiger partial charge on any atom is 0.329 e. The van der Waals surface area contributed by atoms with Gasteiger partial charge in [-0.2, -0.15) is 4.31 Å². The maximum atomic E-state index is 12.6. The van der Waals surface area contributed by atoms with Crippen LogP contribution in [0.3, 0.4) is 0 Å². The van der Waals surface area contributed by atoms with Crippen molar-refractivity contribution >= 4 is 33.2 Å². The van der Waals surface area contributed by atoms with Crippen molar-refractivity contribution in [3.8, 4) is 0 Å². The summed E-state index contributed by atoms with van der Waals surface area (Å²) in [5.41, 5.74) is -1.32. The lowest BCUT2D eigenvalue weighted by molar-refractivity contribution is -0.155. The fourth-order valence-electron chi connectivity index (χ4n) is 2.55. The molecule has 140 valence electrons. The average Bonchev–Trinajstić information content (AvgIpc) is 3.04. The number of hydrogen-bond donors (Lipinski definition) is 1. The predicted molar refractivity (Wildman–Crippen MR) is 95.1 cm³/mol. The van der Waals surface area contributed by atoms with E-state index in [4.69, 9.17) is 0 Å². The van der Waals surface area contributed by atoms with E-state index in [0.29, 0.717) is 18.0 Å². The van der Waals surface area contributed by atoms with Crippen LogP contribution in [-0.4, -0.2) is 60.3 Å². The van der Waals surface area contributed by atoms with Gasteiger partial charge in [-0.3, -0.25) is 4.79 Å². The second kappa shape index (κ2) is 7.43. The Morgan fingerprint density at radius 2 is 1.84 bits per heavy atom. The van der Waals surface area contributed by atoms with Crippen LogP contribution >= 0.6 is 11.3 Å². The topological polar surface area (TPSA) is 95.0 Å². The molecule has 0 bridgehead atoms. The van der Waals surface area contributed by atoms with Gasteiger partial charge in [0, 0.05) is 25.0 Å². The molecule has 0 saturated carbocycles. The summed E-state index contributed by atoms with van der Waals surface area (Å²) >= 11 is 1.07. The van der Waals surface area contributed by atoms with Gasteiger partial charge in [0.25, 0.3) is 10.0 Å². The minimum absolute atomic E-state index is 0.0204. The number of amides is 1. The lowest BCUT2D eigenvalue weighted by Crippen LogP contribution is -2.51. The van der Waals surface area contributed by atoms with Gasteiger partial charge in [0.2, 0.25) is 5.91 Å². The normalized spacial score (nSPS) is 16.6. The number of carboxylic acid groups (broad SMARTS) is 1. The van der Waals surface area contributed by atoms with E-state index in [9.17, 15) is 23.1 Å². The number of sulfonamides is 1. The van der Waals surface area contributed by atoms with Crippen LogP contribution < -0.4 is 0 Å². The van der Waals surface area contributed by atoms with E-state index in [0.717, 1.165) is 30.6 Å². The minimum atomic E-state index is -3.51. The summed E-state index contributed by atoms with van der Waals surface area (Å²) < 4.78 is 27.0. The molecule has 1 aliphatic heterocycles. The summed E-state index contributed by atoms with van der Waals surface area (Å²) in [6, 6.07) is 3.15. The van der Waals surface area contributed by atoms with Gasteiger partial charge >= 0.3 is 5.97 Å². The Balaban J connectivity index is 2.11. The minimum Gasteiger partial charge on any atom is -0.480 e. The second-order valence-corrected chi connectivity index (χ2v) is 10.0. The first-order valence-electron chi connectivity index (χ1n) is 8.15. The highest BCUT2D eigenvalue weighted by atomic mass is 32.2. The first kappa shape index (κ1) is 19.9. The van der Waals surface area contributed by atoms with Crippen LogP contribution in [0.5, 0.6) is 0 Å². The van der Waals surface area contributed by atoms with Gasteiger partial charge in [-0.25, -0.2) is 13.2 Å². The van der Waals surface area contributed by atoms with Crippen LogP contribution in [-0.2, 0) is 26.0 Å². The molecule has 1 N–H and O–H groups in total. The molecule has 1 aliphatic rings. The Morgan fingerprint density at radius 1 is 1.24 bits per heavy atom. The van der Waals surface area contributed by atoms with Gasteiger partial charge in [-0.05, 0) is 38.8 Å². The molecular weight excluding hydrogens is 364 g/mol. The van der Waals surface area contributed by atoms with E-state index in [1.54, 1.807) is 6.07 Å². The molecule has 0 radical (unpaired) electrons. The fourth-order valence-corrected chi connectivity index (χ4v) is 5.57. The van der Waals surface area contributed by atoms with Crippen molar-refractivity contribution in [1.29, 1.82) is 0 Å². The zero-order valence-electron chi connectivity index (χ0n) is 14.7. The molecule has 0 aliphatic carbocycles. The molecule has 7 nitrogen and oxygen atoms in total. The van der Waals surface area contributed by atoms with E-state index in [1.165, 1.54) is 36.2 Å². The first-order chi connectivity index (χ1) is 11.6. The van der Waals surface area contributed by atoms with Crippen molar-refractivity contribution < 1.29 is 23.1 Å². The Labute approximate surface area is 152 Å². The number of likely N-dealkylation sites (N-methyl/N-ethyl adjacent to an activating group) is 1. The SMILES string of the molecule is CN(C(=O)Cc1ccc(S(=O)(=O)N2CCCCC2)s1)C(C)(C)C(=O)O. The molecule has 2 rings (SSSR count). The number of carboxylic acids is 1. The summed E-state index contributed by atoms with van der Waals surface area (Å²) in [5.74, 6) is -1.46. The molecule has 1 aromatic rings. The number of carbonyl (C=O) groups excluding carboxylic acids is 1. The lowest BCUT2D eigenvalue weighted by Gasteiger charge is -2.31. The van der Waals surface area contributed by atoms with E-state index in [1.807, 2.05) is 0 Å². The number of aliphatic carboxylic acids is 1. The lowest BCUT2D eigenvalue weighted by atomic mass is 10.0. The van der Waals surface area contributed by atoms with E-state index < -0.39 is 21.5 Å². The van der Waals surface area contributed by atoms with Crippen LogP contribution in [0.25, 0.3) is 0 Å². The Morgan fingerprint density at radius 3 is 2.40 bits per heavy atom. The van der Waals surface area contributed by atoms with Crippen molar-refractivity contribution in [2.75, 3.05) is 20.1 Å². The molecule has 0 unspecified atom stereocenters. The van der Waals surface area contributed by atoms with E-state index in [2.05, 4.69) is 0 Å². The number of carbonyl (C=O) groups is 2. The number of rotatable bonds is 6. The van der Waals surface area contributed by atoms with Gasteiger partial charge in [0.1, 0.15) is 9.75 Å². The summed E-state index contributed by atoms with van der Waals surface area (Å²) in [6.45, 7) is 3.97. The molecule has 0 aromatic carbocycles. The quantitative estimate of drug-likeness (QED) is 0.802. The third-order valence-corrected chi connectivity index (χ3v) is 8.06. The number of thiophene rings is 1. The van der Waals surface area contributed by atoms with Crippen LogP contribution in [0.2, 0.25) is 0 Å². The zero-order chi connectivity index (χ0) is 18.8. The molecule has 1 saturated heterocycles. The number of nitrogens with zero attached hydrogens (tertiary/aromatic N) is 2. The van der Waals surface area contributed by atoms with E-state index in [-0.39, 0.29) is 16.5 Å². The van der Waals surface area contributed by atoms with Crippen molar-refractivity contribution in [3.63, 3.8) is 0 Å². The largest absolute Gasteiger partial charge is 0.480 e. The first-order valence-corrected chi connectivity index (χ1v) is 10.4. The molecular formula is C16H24N2O5S2. The third kappa shape index (κ3) is 4.21. The van der Waals surface area contributed by atoms with Crippen molar-refractivity contribution in [1.82, 2.24) is 9.21 Å². The third-order valence-electron chi connectivity index (χ3n) is 4.61. The molecule has 1 fully saturated rings. The van der Waals surface area contributed by atoms with Gasteiger partial charge in [-0.1, -0.05) is 6.42 Å². The smallest absolute Gasteiger partial charge is 0.329 e. The van der Waals surface area contributed by atoms with Gasteiger partial charge in [-0.15, -0.1) is 11.3 Å². The highest BCUT2D eigenvalue weighted by molar-refractivity contribution is 7.91. The van der Waals surface area contributed by atoms with Crippen molar-refractivity contribution in [2.45, 2.75) is 49.3 Å². The molecule has 0 atom stereocenters. The standard InChI is InChI=1S/C16H24N2O5S2/c1-16(2,15(20)21)17(3)13(19)11-12-7-8-14(24-12)25(22,23)18-9-5-4-6-10-18/h7-8H,4-6,9-11H2,1-3H3,(H,20,21). The van der Waals surface area contributed by atoms with Gasteiger partial charge < -0.3 is 10.0 Å². The fraction of sp³-hybridized carbons (Fsp3) is 0.625. The highest BCUT2D eigenvalue weighted by Crippen LogP contribution is 2.28. The summed E-state index contributed by atoms with van der Waals surface area (Å²) in [7, 11) is -2.07. The predicted octanol–water partition coefficient (Wildman–Crippen LogP) is 1.79. The van der Waals surface area contributed by atoms with E-state index >= 15 is 0 Å². The maximum absolute atomic E-state index is 12.6. The Kier molecular flexibility index (Phi) is 5.90. The van der Waals surface area contributed by atoms with Gasteiger partial charge in [0.15, 0.2) is 0 Å². The van der Waals surface area contributed by atoms with Crippen molar-refractivity contribution in [3.05, 3.63) is 17.0 Å². The molecule has 25 heavy (non-hydrogen) atoms. The summed E-state index contributed by atoms with van der Waals surface area (Å²) in [4.78, 5) is 25.4. The Hall–Kier alpha value is -1.45. The van der Waals surface area contributed by atoms with Crippen LogP contribution in [0.1, 0.15) is 38.0 Å². The zero-order valence-corrected chi connectivity index (χ0v) is 16.3.